The lowest BCUT2D eigenvalue weighted by atomic mass is 9.73. The van der Waals surface area contributed by atoms with Crippen LogP contribution in [-0.4, -0.2) is 62.1 Å². The van der Waals surface area contributed by atoms with Gasteiger partial charge < -0.3 is 18.0 Å². The van der Waals surface area contributed by atoms with Crippen molar-refractivity contribution in [1.29, 1.82) is 0 Å². The summed E-state index contributed by atoms with van der Waals surface area (Å²) in [7, 11) is -6.37. The molecule has 0 bridgehead atoms. The molecule has 9 heteroatoms. The second-order valence-corrected chi connectivity index (χ2v) is 33.0. The third-order valence-corrected chi connectivity index (χ3v) is 24.9. The molecule has 0 aromatic rings. The fourth-order valence-electron chi connectivity index (χ4n) is 4.83. The maximum atomic E-state index is 14.8. The largest absolute Gasteiger partial charge is 0.466 e. The van der Waals surface area contributed by atoms with Gasteiger partial charge in [0.15, 0.2) is 25.0 Å². The van der Waals surface area contributed by atoms with Gasteiger partial charge in [0.05, 0.1) is 18.8 Å². The van der Waals surface area contributed by atoms with Crippen LogP contribution in [0.25, 0.3) is 0 Å². The van der Waals surface area contributed by atoms with Gasteiger partial charge in [0.1, 0.15) is 5.78 Å². The number of hydrogen-bond acceptors (Lipinski definition) is 6. The zero-order chi connectivity index (χ0) is 36.0. The molecule has 6 nitrogen and oxygen atoms in total. The van der Waals surface area contributed by atoms with Crippen molar-refractivity contribution in [1.82, 2.24) is 0 Å². The highest BCUT2D eigenvalue weighted by molar-refractivity contribution is 6.75. The van der Waals surface area contributed by atoms with E-state index in [0.29, 0.717) is 32.5 Å². The number of ketones is 1. The Morgan fingerprint density at radius 1 is 0.667 bits per heavy atom. The third kappa shape index (κ3) is 12.9. The van der Waals surface area contributed by atoms with E-state index in [2.05, 4.69) is 129 Å². The molecular weight excluding hydrogens is 613 g/mol. The molecule has 0 fully saturated rings. The SMILES string of the molecule is CCOC(=O)CCC[C@H](C)[C@H](O[Si](C)(C)C(C)(C)C)[C@@H](C)C(=O)C(C)(C)[C@H](CCO[Si](C)(C)C(C)(C)C)O[Si](C)(C)C(C)(C)C. The average Bonchev–Trinajstić information content (AvgIpc) is 2.83. The van der Waals surface area contributed by atoms with Crippen molar-refractivity contribution in [3.63, 3.8) is 0 Å². The number of hydrogen-bond donors (Lipinski definition) is 0. The molecule has 45 heavy (non-hydrogen) atoms. The second-order valence-electron chi connectivity index (χ2n) is 18.7. The number of ether oxygens (including phenoxy) is 1. The van der Waals surface area contributed by atoms with Gasteiger partial charge in [-0.2, -0.15) is 0 Å². The summed E-state index contributed by atoms with van der Waals surface area (Å²) in [4.78, 5) is 26.8. The molecule has 0 rings (SSSR count). The molecular formula is C36H76O6Si3. The van der Waals surface area contributed by atoms with Crippen molar-refractivity contribution < 1.29 is 27.6 Å². The summed E-state index contributed by atoms with van der Waals surface area (Å²) < 4.78 is 26.0. The highest BCUT2D eigenvalue weighted by atomic mass is 28.4. The van der Waals surface area contributed by atoms with Crippen molar-refractivity contribution in [2.75, 3.05) is 13.2 Å². The van der Waals surface area contributed by atoms with E-state index in [-0.39, 0.29) is 50.9 Å². The first-order chi connectivity index (χ1) is 19.9. The predicted octanol–water partition coefficient (Wildman–Crippen LogP) is 10.8. The molecule has 0 radical (unpaired) electrons. The molecule has 0 heterocycles. The van der Waals surface area contributed by atoms with Gasteiger partial charge in [-0.3, -0.25) is 9.59 Å². The molecule has 0 saturated carbocycles. The van der Waals surface area contributed by atoms with Crippen LogP contribution in [0.4, 0.5) is 0 Å². The Morgan fingerprint density at radius 2 is 1.11 bits per heavy atom. The molecule has 0 aliphatic carbocycles. The topological polar surface area (TPSA) is 71.1 Å². The summed E-state index contributed by atoms with van der Waals surface area (Å²) in [6.45, 7) is 45.1. The Hall–Kier alpha value is -0.329. The third-order valence-electron chi connectivity index (χ3n) is 11.4. The van der Waals surface area contributed by atoms with Gasteiger partial charge in [0, 0.05) is 24.4 Å². The van der Waals surface area contributed by atoms with Gasteiger partial charge in [0.2, 0.25) is 0 Å². The van der Waals surface area contributed by atoms with Gasteiger partial charge in [-0.1, -0.05) is 90.0 Å². The van der Waals surface area contributed by atoms with Crippen molar-refractivity contribution in [3.05, 3.63) is 0 Å². The van der Waals surface area contributed by atoms with Crippen LogP contribution in [0.5, 0.6) is 0 Å². The van der Waals surface area contributed by atoms with Crippen LogP contribution < -0.4 is 0 Å². The average molecular weight is 689 g/mol. The van der Waals surface area contributed by atoms with Crippen molar-refractivity contribution in [2.45, 2.75) is 189 Å². The van der Waals surface area contributed by atoms with E-state index in [1.54, 1.807) is 0 Å². The summed E-state index contributed by atoms with van der Waals surface area (Å²) in [5.41, 5.74) is -0.745. The van der Waals surface area contributed by atoms with E-state index in [4.69, 9.17) is 18.0 Å². The maximum Gasteiger partial charge on any atom is 0.305 e. The van der Waals surface area contributed by atoms with Crippen LogP contribution >= 0.6 is 0 Å². The highest BCUT2D eigenvalue weighted by Gasteiger charge is 2.49. The number of esters is 1. The Bertz CT molecular complexity index is 938. The summed E-state index contributed by atoms with van der Waals surface area (Å²) in [5.74, 6) is -0.217. The molecule has 268 valence electrons. The van der Waals surface area contributed by atoms with E-state index in [1.165, 1.54) is 0 Å². The fourth-order valence-corrected chi connectivity index (χ4v) is 8.83. The minimum atomic E-state index is -2.21. The Kier molecular flexibility index (Phi) is 16.3. The van der Waals surface area contributed by atoms with Crippen LogP contribution in [0, 0.1) is 17.3 Å². The zero-order valence-electron chi connectivity index (χ0n) is 33.5. The van der Waals surface area contributed by atoms with Crippen LogP contribution in [0.3, 0.4) is 0 Å². The first kappa shape index (κ1) is 44.7. The summed E-state index contributed by atoms with van der Waals surface area (Å²) in [6.07, 6.45) is 2.04. The van der Waals surface area contributed by atoms with E-state index in [1.807, 2.05) is 6.92 Å². The normalized spacial score (nSPS) is 17.1. The van der Waals surface area contributed by atoms with Gasteiger partial charge in [-0.15, -0.1) is 0 Å². The molecule has 0 aliphatic heterocycles. The van der Waals surface area contributed by atoms with E-state index in [9.17, 15) is 9.59 Å². The highest BCUT2D eigenvalue weighted by Crippen LogP contribution is 2.44. The van der Waals surface area contributed by atoms with Crippen LogP contribution in [0.2, 0.25) is 54.4 Å². The van der Waals surface area contributed by atoms with Gasteiger partial charge in [-0.05, 0) is 86.5 Å². The first-order valence-electron chi connectivity index (χ1n) is 17.5. The number of Topliss-reactive ketones (excluding diaryl/α,β-unsaturated/α-hetero) is 1. The van der Waals surface area contributed by atoms with Crippen LogP contribution in [0.1, 0.15) is 123 Å². The van der Waals surface area contributed by atoms with E-state index >= 15 is 0 Å². The Labute approximate surface area is 283 Å². The smallest absolute Gasteiger partial charge is 0.305 e. The van der Waals surface area contributed by atoms with Crippen LogP contribution in [0.15, 0.2) is 0 Å². The summed E-state index contributed by atoms with van der Waals surface area (Å²) >= 11 is 0. The minimum Gasteiger partial charge on any atom is -0.466 e. The Morgan fingerprint density at radius 3 is 1.53 bits per heavy atom. The Balaban J connectivity index is 6.50. The molecule has 0 saturated heterocycles. The molecule has 4 atom stereocenters. The van der Waals surface area contributed by atoms with Crippen molar-refractivity contribution in [2.24, 2.45) is 17.3 Å². The van der Waals surface area contributed by atoms with Gasteiger partial charge in [-0.25, -0.2) is 0 Å². The quantitative estimate of drug-likeness (QED) is 0.105. The van der Waals surface area contributed by atoms with Crippen LogP contribution in [-0.2, 0) is 27.6 Å². The number of carbonyl (C=O) groups excluding carboxylic acids is 2. The molecule has 0 aliphatic rings. The first-order valence-corrected chi connectivity index (χ1v) is 26.3. The minimum absolute atomic E-state index is 0.00323. The standard InChI is InChI=1S/C36H76O6Si3/c1-21-39-30(37)24-22-23-27(2)31(42-45(19,20)35(10,11)12)28(3)32(38)36(13,14)29(41-44(17,18)34(7,8)9)25-26-40-43(15,16)33(4,5)6/h27-29,31H,21-26H2,1-20H3/t27-,28+,29-,31-/m0/s1. The van der Waals surface area contributed by atoms with E-state index < -0.39 is 30.4 Å². The van der Waals surface area contributed by atoms with Crippen molar-refractivity contribution >= 4 is 36.7 Å². The van der Waals surface area contributed by atoms with Crippen molar-refractivity contribution in [3.8, 4) is 0 Å². The lowest BCUT2D eigenvalue weighted by Gasteiger charge is -2.47. The van der Waals surface area contributed by atoms with Gasteiger partial charge >= 0.3 is 5.97 Å². The van der Waals surface area contributed by atoms with Gasteiger partial charge in [0.25, 0.3) is 0 Å². The molecule has 0 N–H and O–H groups in total. The molecule has 0 aromatic heterocycles. The fraction of sp³-hybridized carbons (Fsp3) is 0.944. The maximum absolute atomic E-state index is 14.8. The summed E-state index contributed by atoms with van der Waals surface area (Å²) in [6, 6.07) is 0. The molecule has 0 aromatic carbocycles. The zero-order valence-corrected chi connectivity index (χ0v) is 36.5. The van der Waals surface area contributed by atoms with E-state index in [0.717, 1.165) is 6.42 Å². The molecule has 0 amide bonds. The number of rotatable bonds is 18. The molecule has 0 spiro atoms. The predicted molar refractivity (Wildman–Crippen MR) is 200 cm³/mol. The summed E-state index contributed by atoms with van der Waals surface area (Å²) in [5, 5.41) is 0.126. The molecule has 0 unspecified atom stereocenters. The monoisotopic (exact) mass is 688 g/mol. The number of carbonyl (C=O) groups is 2. The lowest BCUT2D eigenvalue weighted by Crippen LogP contribution is -2.54. The lowest BCUT2D eigenvalue weighted by molar-refractivity contribution is -0.144. The second kappa shape index (κ2) is 16.4.